The molecule has 0 saturated carbocycles. The minimum Gasteiger partial charge on any atom is -0.362 e. The van der Waals surface area contributed by atoms with Gasteiger partial charge in [0.15, 0.2) is 15.7 Å². The van der Waals surface area contributed by atoms with Crippen molar-refractivity contribution in [1.82, 2.24) is 25.6 Å². The van der Waals surface area contributed by atoms with Crippen molar-refractivity contribution >= 4 is 15.7 Å². The largest absolute Gasteiger partial charge is 0.362 e. The number of hydrogen-bond donors (Lipinski definition) is 2. The van der Waals surface area contributed by atoms with E-state index in [9.17, 15) is 8.42 Å². The van der Waals surface area contributed by atoms with Crippen molar-refractivity contribution in [2.24, 2.45) is 0 Å². The molecule has 0 aliphatic heterocycles. The van der Waals surface area contributed by atoms with Crippen LogP contribution in [0.25, 0.3) is 0 Å². The van der Waals surface area contributed by atoms with Crippen molar-refractivity contribution in [1.29, 1.82) is 0 Å². The molecule has 0 aliphatic rings. The van der Waals surface area contributed by atoms with E-state index in [2.05, 4.69) is 30.9 Å². The number of aromatic amines is 1. The third-order valence-electron chi connectivity index (χ3n) is 1.97. The van der Waals surface area contributed by atoms with Gasteiger partial charge >= 0.3 is 0 Å². The Labute approximate surface area is 97.4 Å². The van der Waals surface area contributed by atoms with Crippen LogP contribution in [-0.2, 0) is 16.4 Å². The Morgan fingerprint density at radius 2 is 2.29 bits per heavy atom. The molecule has 0 amide bonds. The Balaban J connectivity index is 2.22. The minimum atomic E-state index is -3.31. The predicted molar refractivity (Wildman–Crippen MR) is 58.9 cm³/mol. The zero-order valence-electron chi connectivity index (χ0n) is 8.95. The molecule has 90 valence electrons. The highest BCUT2D eigenvalue weighted by atomic mass is 32.2. The molecule has 2 rings (SSSR count). The summed E-state index contributed by atoms with van der Waals surface area (Å²) >= 11 is 0. The maximum absolute atomic E-state index is 11.5. The van der Waals surface area contributed by atoms with Gasteiger partial charge in [-0.15, -0.1) is 10.2 Å². The lowest BCUT2D eigenvalue weighted by molar-refractivity contribution is 0.601. The Hall–Kier alpha value is -2.03. The smallest absolute Gasteiger partial charge is 0.193 e. The van der Waals surface area contributed by atoms with E-state index in [1.165, 1.54) is 12.3 Å². The van der Waals surface area contributed by atoms with Crippen LogP contribution in [-0.4, -0.2) is 40.3 Å². The minimum absolute atomic E-state index is 0.142. The number of tetrazole rings is 1. The monoisotopic (exact) mass is 254 g/mol. The molecule has 17 heavy (non-hydrogen) atoms. The summed E-state index contributed by atoms with van der Waals surface area (Å²) in [7, 11) is -3.31. The number of sulfone groups is 1. The van der Waals surface area contributed by atoms with Crippen LogP contribution in [0.15, 0.2) is 23.2 Å². The Bertz CT molecular complexity index is 594. The Morgan fingerprint density at radius 1 is 1.47 bits per heavy atom. The van der Waals surface area contributed by atoms with Crippen molar-refractivity contribution in [3.05, 3.63) is 24.2 Å². The number of H-pyrrole nitrogens is 1. The normalized spacial score (nSPS) is 11.4. The summed E-state index contributed by atoms with van der Waals surface area (Å²) in [5, 5.41) is 16.0. The summed E-state index contributed by atoms with van der Waals surface area (Å²) in [6, 6.07) is 3.05. The number of nitrogens with zero attached hydrogens (tertiary/aromatic N) is 4. The fourth-order valence-electron chi connectivity index (χ4n) is 1.24. The molecule has 9 heteroatoms. The van der Waals surface area contributed by atoms with E-state index < -0.39 is 9.84 Å². The highest BCUT2D eigenvalue weighted by Crippen LogP contribution is 2.17. The van der Waals surface area contributed by atoms with Gasteiger partial charge in [-0.3, -0.25) is 0 Å². The summed E-state index contributed by atoms with van der Waals surface area (Å²) in [5.41, 5.74) is 0. The van der Waals surface area contributed by atoms with E-state index in [-0.39, 0.29) is 17.3 Å². The molecule has 8 nitrogen and oxygen atoms in total. The van der Waals surface area contributed by atoms with Gasteiger partial charge < -0.3 is 5.32 Å². The molecule has 0 aliphatic carbocycles. The zero-order valence-corrected chi connectivity index (χ0v) is 9.77. The van der Waals surface area contributed by atoms with Crippen LogP contribution in [0.1, 0.15) is 5.82 Å². The molecule has 2 aromatic rings. The van der Waals surface area contributed by atoms with E-state index in [1.807, 2.05) is 0 Å². The van der Waals surface area contributed by atoms with Gasteiger partial charge in [-0.1, -0.05) is 5.21 Å². The number of hydrogen-bond acceptors (Lipinski definition) is 7. The molecule has 0 fully saturated rings. The van der Waals surface area contributed by atoms with Crippen LogP contribution in [0.2, 0.25) is 0 Å². The molecule has 2 N–H and O–H groups in total. The summed E-state index contributed by atoms with van der Waals surface area (Å²) in [4.78, 5) is 4.11. The second kappa shape index (κ2) is 4.45. The summed E-state index contributed by atoms with van der Waals surface area (Å²) in [6.07, 6.45) is 2.64. The second-order valence-corrected chi connectivity index (χ2v) is 5.29. The summed E-state index contributed by atoms with van der Waals surface area (Å²) < 4.78 is 23.0. The zero-order chi connectivity index (χ0) is 12.3. The van der Waals surface area contributed by atoms with E-state index in [0.717, 1.165) is 6.26 Å². The number of aromatic nitrogens is 5. The van der Waals surface area contributed by atoms with Crippen LogP contribution in [0.5, 0.6) is 0 Å². The SMILES string of the molecule is CS(=O)(=O)c1cccnc1NCc1nn[nH]n1. The lowest BCUT2D eigenvalue weighted by atomic mass is 10.4. The van der Waals surface area contributed by atoms with Crippen LogP contribution < -0.4 is 5.32 Å². The predicted octanol–water partition coefficient (Wildman–Crippen LogP) is -0.390. The third-order valence-corrected chi connectivity index (χ3v) is 3.10. The molecule has 0 aromatic carbocycles. The number of anilines is 1. The number of nitrogens with one attached hydrogen (secondary N) is 2. The van der Waals surface area contributed by atoms with Crippen molar-refractivity contribution in [2.45, 2.75) is 11.4 Å². The molecule has 0 spiro atoms. The molecular formula is C8H10N6O2S. The molecule has 0 unspecified atom stereocenters. The van der Waals surface area contributed by atoms with Gasteiger partial charge in [0, 0.05) is 12.5 Å². The maximum atomic E-state index is 11.5. The first kappa shape index (κ1) is 11.5. The standard InChI is InChI=1S/C8H10N6O2S/c1-17(15,16)6-3-2-4-9-8(6)10-5-7-11-13-14-12-7/h2-4H,5H2,1H3,(H,9,10)(H,11,12,13,14). The van der Waals surface area contributed by atoms with Crippen molar-refractivity contribution in [3.63, 3.8) is 0 Å². The third kappa shape index (κ3) is 2.75. The van der Waals surface area contributed by atoms with E-state index >= 15 is 0 Å². The molecule has 0 bridgehead atoms. The van der Waals surface area contributed by atoms with E-state index in [1.54, 1.807) is 6.07 Å². The molecule has 2 aromatic heterocycles. The molecular weight excluding hydrogens is 244 g/mol. The number of pyridine rings is 1. The first-order valence-corrected chi connectivity index (χ1v) is 6.58. The summed E-state index contributed by atoms with van der Waals surface area (Å²) in [6.45, 7) is 0.246. The topological polar surface area (TPSA) is 114 Å². The lowest BCUT2D eigenvalue weighted by Crippen LogP contribution is -2.08. The highest BCUT2D eigenvalue weighted by Gasteiger charge is 2.13. The fraction of sp³-hybridized carbons (Fsp3) is 0.250. The Kier molecular flexibility index (Phi) is 3.00. The van der Waals surface area contributed by atoms with Crippen molar-refractivity contribution in [3.8, 4) is 0 Å². The van der Waals surface area contributed by atoms with Gasteiger partial charge in [0.2, 0.25) is 0 Å². The Morgan fingerprint density at radius 3 is 2.94 bits per heavy atom. The highest BCUT2D eigenvalue weighted by molar-refractivity contribution is 7.90. The summed E-state index contributed by atoms with van der Waals surface area (Å²) in [5.74, 6) is 0.704. The molecule has 0 atom stereocenters. The van der Waals surface area contributed by atoms with Crippen molar-refractivity contribution < 1.29 is 8.42 Å². The van der Waals surface area contributed by atoms with Crippen LogP contribution in [0.3, 0.4) is 0 Å². The van der Waals surface area contributed by atoms with Gasteiger partial charge in [-0.2, -0.15) is 5.21 Å². The molecule has 0 saturated heterocycles. The fourth-order valence-corrected chi connectivity index (χ4v) is 2.04. The van der Waals surface area contributed by atoms with Crippen LogP contribution in [0, 0.1) is 0 Å². The quantitative estimate of drug-likeness (QED) is 0.763. The van der Waals surface area contributed by atoms with Crippen molar-refractivity contribution in [2.75, 3.05) is 11.6 Å². The molecule has 0 radical (unpaired) electrons. The molecule has 2 heterocycles. The van der Waals surface area contributed by atoms with Crippen LogP contribution in [0.4, 0.5) is 5.82 Å². The van der Waals surface area contributed by atoms with Gasteiger partial charge in [-0.05, 0) is 12.1 Å². The van der Waals surface area contributed by atoms with E-state index in [0.29, 0.717) is 5.82 Å². The van der Waals surface area contributed by atoms with Crippen LogP contribution >= 0.6 is 0 Å². The van der Waals surface area contributed by atoms with Gasteiger partial charge in [0.25, 0.3) is 0 Å². The first-order chi connectivity index (χ1) is 8.07. The average Bonchev–Trinajstić information content (AvgIpc) is 2.78. The maximum Gasteiger partial charge on any atom is 0.193 e. The second-order valence-electron chi connectivity index (χ2n) is 3.30. The average molecular weight is 254 g/mol. The number of rotatable bonds is 4. The van der Waals surface area contributed by atoms with E-state index in [4.69, 9.17) is 0 Å². The van der Waals surface area contributed by atoms with Gasteiger partial charge in [0.1, 0.15) is 10.7 Å². The lowest BCUT2D eigenvalue weighted by Gasteiger charge is -2.07. The first-order valence-electron chi connectivity index (χ1n) is 4.68. The van der Waals surface area contributed by atoms with Gasteiger partial charge in [0.05, 0.1) is 6.54 Å². The van der Waals surface area contributed by atoms with Gasteiger partial charge in [-0.25, -0.2) is 13.4 Å².